The second-order valence-electron chi connectivity index (χ2n) is 8.81. The Morgan fingerprint density at radius 2 is 1.72 bits per heavy atom. The standard InChI is InChI=1S/C25H21Cl3F3N5O3/c1-4-18-20(28)21(36(3)34-18)23(38)33-32-22(37)17-6-5-13(7-12(17)2)19-11-24(39-35-19,25(29,30)31)14-8-15(26)10-16(27)9-14/h5-10H,4,11H2,1-3H3,(H,32,37)(H,33,38). The number of carbonyl (C=O) groups is 2. The molecule has 39 heavy (non-hydrogen) atoms. The number of amides is 2. The van der Waals surface area contributed by atoms with E-state index in [1.54, 1.807) is 14.0 Å². The van der Waals surface area contributed by atoms with Crippen LogP contribution in [0.15, 0.2) is 41.6 Å². The predicted molar refractivity (Wildman–Crippen MR) is 140 cm³/mol. The molecule has 2 aromatic carbocycles. The van der Waals surface area contributed by atoms with Gasteiger partial charge in [-0.15, -0.1) is 0 Å². The molecule has 2 amide bonds. The van der Waals surface area contributed by atoms with Gasteiger partial charge in [-0.2, -0.15) is 18.3 Å². The van der Waals surface area contributed by atoms with Crippen LogP contribution in [0.4, 0.5) is 13.2 Å². The van der Waals surface area contributed by atoms with E-state index in [1.807, 2.05) is 6.92 Å². The maximum Gasteiger partial charge on any atom is 0.435 e. The Labute approximate surface area is 236 Å². The molecule has 1 aliphatic rings. The lowest BCUT2D eigenvalue weighted by Gasteiger charge is -2.29. The number of nitrogens with zero attached hydrogens (tertiary/aromatic N) is 3. The molecule has 1 aliphatic heterocycles. The van der Waals surface area contributed by atoms with Gasteiger partial charge in [-0.05, 0) is 54.8 Å². The van der Waals surface area contributed by atoms with Crippen molar-refractivity contribution in [3.63, 3.8) is 0 Å². The van der Waals surface area contributed by atoms with Crippen molar-refractivity contribution < 1.29 is 27.6 Å². The van der Waals surface area contributed by atoms with E-state index in [2.05, 4.69) is 21.1 Å². The third kappa shape index (κ3) is 5.43. The number of carbonyl (C=O) groups excluding carboxylic acids is 2. The zero-order chi connectivity index (χ0) is 28.7. The molecule has 1 atom stereocenters. The molecular weight excluding hydrogens is 582 g/mol. The van der Waals surface area contributed by atoms with Gasteiger partial charge < -0.3 is 4.84 Å². The molecule has 0 bridgehead atoms. The Kier molecular flexibility index (Phi) is 7.89. The molecule has 2 heterocycles. The maximum atomic E-state index is 14.3. The van der Waals surface area contributed by atoms with Crippen molar-refractivity contribution in [2.24, 2.45) is 12.2 Å². The van der Waals surface area contributed by atoms with Gasteiger partial charge in [-0.25, -0.2) is 0 Å². The SMILES string of the molecule is CCc1nn(C)c(C(=O)NNC(=O)c2ccc(C3=NOC(c4cc(Cl)cc(Cl)c4)(C(F)(F)F)C3)cc2C)c1Cl. The van der Waals surface area contributed by atoms with Crippen LogP contribution in [0.1, 0.15) is 56.6 Å². The van der Waals surface area contributed by atoms with Crippen molar-refractivity contribution in [2.45, 2.75) is 38.5 Å². The molecule has 4 rings (SSSR count). The maximum absolute atomic E-state index is 14.3. The normalized spacial score (nSPS) is 17.0. The van der Waals surface area contributed by atoms with Crippen LogP contribution in [-0.2, 0) is 23.9 Å². The summed E-state index contributed by atoms with van der Waals surface area (Å²) in [4.78, 5) is 30.3. The lowest BCUT2D eigenvalue weighted by atomic mass is 9.86. The topological polar surface area (TPSA) is 97.6 Å². The lowest BCUT2D eigenvalue weighted by Crippen LogP contribution is -2.43. The Morgan fingerprint density at radius 1 is 1.08 bits per heavy atom. The van der Waals surface area contributed by atoms with Crippen LogP contribution in [0.5, 0.6) is 0 Å². The van der Waals surface area contributed by atoms with Gasteiger partial charge in [0.15, 0.2) is 0 Å². The molecule has 0 radical (unpaired) electrons. The van der Waals surface area contributed by atoms with Crippen LogP contribution < -0.4 is 10.9 Å². The number of hydrazine groups is 1. The molecule has 0 fully saturated rings. The first-order valence-electron chi connectivity index (χ1n) is 11.5. The first kappa shape index (κ1) is 28.7. The first-order chi connectivity index (χ1) is 18.3. The number of aryl methyl sites for hydroxylation is 3. The van der Waals surface area contributed by atoms with E-state index in [4.69, 9.17) is 39.6 Å². The highest BCUT2D eigenvalue weighted by Gasteiger charge is 2.62. The van der Waals surface area contributed by atoms with Gasteiger partial charge in [0.25, 0.3) is 17.4 Å². The van der Waals surface area contributed by atoms with Crippen LogP contribution in [0.25, 0.3) is 0 Å². The van der Waals surface area contributed by atoms with E-state index in [-0.39, 0.29) is 37.6 Å². The molecule has 1 unspecified atom stereocenters. The summed E-state index contributed by atoms with van der Waals surface area (Å²) in [6.45, 7) is 3.43. The van der Waals surface area contributed by atoms with Gasteiger partial charge in [0.2, 0.25) is 0 Å². The summed E-state index contributed by atoms with van der Waals surface area (Å²) in [5, 5.41) is 8.11. The Hall–Kier alpha value is -3.28. The zero-order valence-electron chi connectivity index (χ0n) is 20.7. The number of aromatic nitrogens is 2. The fourth-order valence-electron chi connectivity index (χ4n) is 4.21. The number of nitrogens with one attached hydrogen (secondary N) is 2. The number of oxime groups is 1. The lowest BCUT2D eigenvalue weighted by molar-refractivity contribution is -0.275. The first-order valence-corrected chi connectivity index (χ1v) is 12.6. The monoisotopic (exact) mass is 601 g/mol. The third-order valence-electron chi connectivity index (χ3n) is 6.21. The number of rotatable bonds is 5. The summed E-state index contributed by atoms with van der Waals surface area (Å²) in [5.41, 5.74) is 3.08. The van der Waals surface area contributed by atoms with Gasteiger partial charge in [-0.3, -0.25) is 25.1 Å². The van der Waals surface area contributed by atoms with Gasteiger partial charge in [-0.1, -0.05) is 52.9 Å². The van der Waals surface area contributed by atoms with Crippen molar-refractivity contribution in [1.29, 1.82) is 0 Å². The number of alkyl halides is 3. The second kappa shape index (κ2) is 10.7. The van der Waals surface area contributed by atoms with Crippen molar-refractivity contribution in [2.75, 3.05) is 0 Å². The summed E-state index contributed by atoms with van der Waals surface area (Å²) in [6.07, 6.45) is -4.96. The number of hydrogen-bond acceptors (Lipinski definition) is 5. The van der Waals surface area contributed by atoms with E-state index in [0.717, 1.165) is 12.1 Å². The molecule has 1 aromatic heterocycles. The van der Waals surface area contributed by atoms with Gasteiger partial charge in [0.05, 0.1) is 16.4 Å². The summed E-state index contributed by atoms with van der Waals surface area (Å²) in [7, 11) is 1.55. The Bertz CT molecular complexity index is 1490. The minimum absolute atomic E-state index is 0.0179. The van der Waals surface area contributed by atoms with E-state index in [0.29, 0.717) is 23.2 Å². The molecule has 0 spiro atoms. The van der Waals surface area contributed by atoms with Crippen LogP contribution in [0.2, 0.25) is 15.1 Å². The molecule has 2 N–H and O–H groups in total. The fourth-order valence-corrected chi connectivity index (χ4v) is 5.12. The van der Waals surface area contributed by atoms with E-state index in [9.17, 15) is 22.8 Å². The predicted octanol–water partition coefficient (Wildman–Crippen LogP) is 5.91. The quantitative estimate of drug-likeness (QED) is 0.355. The van der Waals surface area contributed by atoms with Crippen molar-refractivity contribution >= 4 is 52.3 Å². The Morgan fingerprint density at radius 3 is 2.28 bits per heavy atom. The van der Waals surface area contributed by atoms with Crippen LogP contribution in [0, 0.1) is 6.92 Å². The molecule has 8 nitrogen and oxygen atoms in total. The Balaban J connectivity index is 1.51. The second-order valence-corrected chi connectivity index (χ2v) is 10.1. The zero-order valence-corrected chi connectivity index (χ0v) is 23.0. The molecule has 3 aromatic rings. The van der Waals surface area contributed by atoms with Crippen LogP contribution in [-0.4, -0.2) is 33.5 Å². The van der Waals surface area contributed by atoms with Crippen LogP contribution in [0.3, 0.4) is 0 Å². The summed E-state index contributed by atoms with van der Waals surface area (Å²) < 4.78 is 44.1. The summed E-state index contributed by atoms with van der Waals surface area (Å²) in [6, 6.07) is 7.93. The summed E-state index contributed by atoms with van der Waals surface area (Å²) >= 11 is 18.1. The molecule has 206 valence electrons. The number of hydrogen-bond donors (Lipinski definition) is 2. The van der Waals surface area contributed by atoms with E-state index < -0.39 is 30.0 Å². The molecule has 0 saturated heterocycles. The van der Waals surface area contributed by atoms with Gasteiger partial charge in [0.1, 0.15) is 5.69 Å². The minimum Gasteiger partial charge on any atom is -0.374 e. The van der Waals surface area contributed by atoms with E-state index in [1.165, 1.54) is 28.9 Å². The molecule has 0 saturated carbocycles. The van der Waals surface area contributed by atoms with Gasteiger partial charge in [0, 0.05) is 34.6 Å². The number of benzene rings is 2. The molecular formula is C25H21Cl3F3N5O3. The highest BCUT2D eigenvalue weighted by atomic mass is 35.5. The van der Waals surface area contributed by atoms with Gasteiger partial charge >= 0.3 is 6.18 Å². The smallest absolute Gasteiger partial charge is 0.374 e. The van der Waals surface area contributed by atoms with Crippen molar-refractivity contribution in [3.05, 3.63) is 85.1 Å². The highest BCUT2D eigenvalue weighted by Crippen LogP contribution is 2.49. The largest absolute Gasteiger partial charge is 0.435 e. The molecule has 0 aliphatic carbocycles. The minimum atomic E-state index is -4.84. The van der Waals surface area contributed by atoms with E-state index >= 15 is 0 Å². The van der Waals surface area contributed by atoms with Crippen molar-refractivity contribution in [3.8, 4) is 0 Å². The third-order valence-corrected chi connectivity index (χ3v) is 7.05. The summed E-state index contributed by atoms with van der Waals surface area (Å²) in [5.74, 6) is -1.32. The highest BCUT2D eigenvalue weighted by molar-refractivity contribution is 6.35. The van der Waals surface area contributed by atoms with Crippen molar-refractivity contribution in [1.82, 2.24) is 20.6 Å². The fraction of sp³-hybridized carbons (Fsp3) is 0.280. The number of halogens is 6. The average molecular weight is 603 g/mol. The van der Waals surface area contributed by atoms with Crippen LogP contribution >= 0.6 is 34.8 Å². The average Bonchev–Trinajstić information content (AvgIpc) is 3.43. The molecule has 14 heteroatoms.